The molecule has 0 amide bonds. The van der Waals surface area contributed by atoms with Gasteiger partial charge in [0.15, 0.2) is 0 Å². The highest BCUT2D eigenvalue weighted by Crippen LogP contribution is 2.38. The largest absolute Gasteiger partial charge is 0.357 e. The lowest BCUT2D eigenvalue weighted by Crippen LogP contribution is -2.38. The number of nitrogens with zero attached hydrogens (tertiary/aromatic N) is 3. The van der Waals surface area contributed by atoms with E-state index in [2.05, 4.69) is 61.8 Å². The molecule has 1 heterocycles. The summed E-state index contributed by atoms with van der Waals surface area (Å²) in [6.45, 7) is 11.0. The van der Waals surface area contributed by atoms with Crippen LogP contribution in [0.3, 0.4) is 0 Å². The van der Waals surface area contributed by atoms with Crippen LogP contribution in [0.25, 0.3) is 0 Å². The van der Waals surface area contributed by atoms with Crippen molar-refractivity contribution < 1.29 is 0 Å². The number of rotatable bonds is 5. The van der Waals surface area contributed by atoms with Gasteiger partial charge in [0, 0.05) is 32.2 Å². The van der Waals surface area contributed by atoms with Crippen LogP contribution < -0.4 is 10.2 Å². The Morgan fingerprint density at radius 1 is 1.33 bits per heavy atom. The lowest BCUT2D eigenvalue weighted by molar-refractivity contribution is 0.222. The van der Waals surface area contributed by atoms with E-state index in [1.165, 1.54) is 37.1 Å². The van der Waals surface area contributed by atoms with Crippen LogP contribution in [0.5, 0.6) is 0 Å². The first-order valence-electron chi connectivity index (χ1n) is 8.31. The third-order valence-corrected chi connectivity index (χ3v) is 5.06. The van der Waals surface area contributed by atoms with E-state index in [-0.39, 0.29) is 0 Å². The fourth-order valence-electron chi connectivity index (χ4n) is 3.53. The summed E-state index contributed by atoms with van der Waals surface area (Å²) in [7, 11) is 4.32. The number of hydrogen-bond donors (Lipinski definition) is 1. The van der Waals surface area contributed by atoms with E-state index in [1.54, 1.807) is 0 Å². The predicted molar refractivity (Wildman–Crippen MR) is 89.8 cm³/mol. The van der Waals surface area contributed by atoms with Crippen molar-refractivity contribution in [2.24, 2.45) is 12.5 Å². The summed E-state index contributed by atoms with van der Waals surface area (Å²) < 4.78 is 2.06. The van der Waals surface area contributed by atoms with Crippen molar-refractivity contribution in [3.63, 3.8) is 0 Å². The Morgan fingerprint density at radius 3 is 2.52 bits per heavy atom. The number of aryl methyl sites for hydroxylation is 2. The molecule has 0 atom stereocenters. The molecule has 4 heteroatoms. The van der Waals surface area contributed by atoms with E-state index in [1.807, 2.05) is 0 Å². The lowest BCUT2D eigenvalue weighted by Gasteiger charge is -2.39. The van der Waals surface area contributed by atoms with Gasteiger partial charge in [0.25, 0.3) is 0 Å². The molecule has 0 unspecified atom stereocenters. The molecule has 1 N–H and O–H groups in total. The Kier molecular flexibility index (Phi) is 4.97. The zero-order chi connectivity index (χ0) is 15.6. The Bertz CT molecular complexity index is 465. The first-order chi connectivity index (χ1) is 9.85. The molecule has 4 nitrogen and oxygen atoms in total. The third kappa shape index (κ3) is 3.60. The summed E-state index contributed by atoms with van der Waals surface area (Å²) in [4.78, 5) is 2.47. The number of nitrogens with one attached hydrogen (secondary N) is 1. The maximum Gasteiger partial charge on any atom is 0.131 e. The van der Waals surface area contributed by atoms with Crippen LogP contribution >= 0.6 is 0 Å². The second-order valence-electron chi connectivity index (χ2n) is 7.30. The average Bonchev–Trinajstić information content (AvgIpc) is 2.70. The van der Waals surface area contributed by atoms with Crippen LogP contribution in [-0.4, -0.2) is 29.4 Å². The zero-order valence-electron chi connectivity index (χ0n) is 14.7. The van der Waals surface area contributed by atoms with Crippen LogP contribution in [0.1, 0.15) is 57.7 Å². The van der Waals surface area contributed by atoms with Crippen molar-refractivity contribution in [2.45, 2.75) is 66.0 Å². The van der Waals surface area contributed by atoms with Gasteiger partial charge in [0.05, 0.1) is 5.69 Å². The van der Waals surface area contributed by atoms with Crippen molar-refractivity contribution in [2.75, 3.05) is 18.5 Å². The third-order valence-electron chi connectivity index (χ3n) is 5.06. The van der Waals surface area contributed by atoms with Gasteiger partial charge >= 0.3 is 0 Å². The first-order valence-corrected chi connectivity index (χ1v) is 8.31. The molecule has 1 aliphatic rings. The fraction of sp³-hybridized carbons (Fsp3) is 0.824. The molecule has 0 bridgehead atoms. The molecule has 1 fully saturated rings. The van der Waals surface area contributed by atoms with Crippen molar-refractivity contribution in [3.05, 3.63) is 11.3 Å². The van der Waals surface area contributed by atoms with Gasteiger partial charge in [-0.05, 0) is 44.6 Å². The highest BCUT2D eigenvalue weighted by molar-refractivity contribution is 5.50. The minimum Gasteiger partial charge on any atom is -0.357 e. The van der Waals surface area contributed by atoms with Crippen molar-refractivity contribution >= 4 is 5.82 Å². The molecular formula is C17H32N4. The second kappa shape index (κ2) is 6.39. The Hall–Kier alpha value is -1.03. The molecule has 0 spiro atoms. The number of anilines is 1. The molecule has 0 saturated heterocycles. The Morgan fingerprint density at radius 2 is 1.95 bits per heavy atom. The summed E-state index contributed by atoms with van der Waals surface area (Å²) in [5.74, 6) is 1.29. The highest BCUT2D eigenvalue weighted by atomic mass is 15.4. The minimum absolute atomic E-state index is 0.520. The van der Waals surface area contributed by atoms with E-state index >= 15 is 0 Å². The lowest BCUT2D eigenvalue weighted by atomic mass is 9.75. The van der Waals surface area contributed by atoms with Crippen molar-refractivity contribution in [1.29, 1.82) is 0 Å². The van der Waals surface area contributed by atoms with E-state index in [4.69, 9.17) is 0 Å². The molecule has 120 valence electrons. The topological polar surface area (TPSA) is 33.1 Å². The van der Waals surface area contributed by atoms with Gasteiger partial charge in [0.1, 0.15) is 5.82 Å². The fourth-order valence-corrected chi connectivity index (χ4v) is 3.53. The van der Waals surface area contributed by atoms with Crippen LogP contribution in [0.4, 0.5) is 5.82 Å². The number of hydrogen-bond acceptors (Lipinski definition) is 3. The Balaban J connectivity index is 2.17. The second-order valence-corrected chi connectivity index (χ2v) is 7.30. The monoisotopic (exact) mass is 292 g/mol. The number of aromatic nitrogens is 2. The van der Waals surface area contributed by atoms with Gasteiger partial charge < -0.3 is 10.2 Å². The summed E-state index contributed by atoms with van der Waals surface area (Å²) in [6, 6.07) is 0.646. The highest BCUT2D eigenvalue weighted by Gasteiger charge is 2.30. The molecular weight excluding hydrogens is 260 g/mol. The summed E-state index contributed by atoms with van der Waals surface area (Å²) >= 11 is 0. The molecule has 1 aliphatic carbocycles. The van der Waals surface area contributed by atoms with Gasteiger partial charge in [-0.15, -0.1) is 0 Å². The van der Waals surface area contributed by atoms with Crippen LogP contribution in [-0.2, 0) is 13.6 Å². The summed E-state index contributed by atoms with van der Waals surface area (Å²) in [6.07, 6.45) is 5.21. The van der Waals surface area contributed by atoms with Crippen molar-refractivity contribution in [3.8, 4) is 0 Å². The van der Waals surface area contributed by atoms with E-state index in [0.29, 0.717) is 11.5 Å². The molecule has 2 rings (SSSR count). The van der Waals surface area contributed by atoms with E-state index < -0.39 is 0 Å². The molecule has 0 radical (unpaired) electrons. The maximum absolute atomic E-state index is 4.64. The van der Waals surface area contributed by atoms with Gasteiger partial charge in [-0.1, -0.05) is 20.8 Å². The minimum atomic E-state index is 0.520. The van der Waals surface area contributed by atoms with Gasteiger partial charge in [-0.3, -0.25) is 4.68 Å². The van der Waals surface area contributed by atoms with Crippen LogP contribution in [0, 0.1) is 12.3 Å². The molecule has 0 aliphatic heterocycles. The predicted octanol–water partition coefficient (Wildman–Crippen LogP) is 3.24. The maximum atomic E-state index is 4.64. The molecule has 1 aromatic heterocycles. The first kappa shape index (κ1) is 16.3. The molecule has 21 heavy (non-hydrogen) atoms. The summed E-state index contributed by atoms with van der Waals surface area (Å²) in [5, 5.41) is 8.09. The van der Waals surface area contributed by atoms with Crippen LogP contribution in [0.2, 0.25) is 0 Å². The standard InChI is InChI=1S/C17H32N4/c1-7-18-12-15-13(2)19-21(6)16(15)20(5)14-8-10-17(3,4)11-9-14/h14,18H,7-12H2,1-6H3. The Labute approximate surface area is 129 Å². The summed E-state index contributed by atoms with van der Waals surface area (Å²) in [5.41, 5.74) is 3.02. The zero-order valence-corrected chi connectivity index (χ0v) is 14.7. The van der Waals surface area contributed by atoms with E-state index in [0.717, 1.165) is 18.8 Å². The average molecular weight is 292 g/mol. The molecule has 1 aromatic rings. The smallest absolute Gasteiger partial charge is 0.131 e. The molecule has 0 aromatic carbocycles. The molecule has 1 saturated carbocycles. The van der Waals surface area contributed by atoms with Crippen LogP contribution in [0.15, 0.2) is 0 Å². The van der Waals surface area contributed by atoms with Crippen molar-refractivity contribution in [1.82, 2.24) is 15.1 Å². The van der Waals surface area contributed by atoms with E-state index in [9.17, 15) is 0 Å². The van der Waals surface area contributed by atoms with Gasteiger partial charge in [-0.2, -0.15) is 5.10 Å². The SMILES string of the molecule is CCNCc1c(C)nn(C)c1N(C)C1CCC(C)(C)CC1. The normalized spacial score (nSPS) is 19.0. The quantitative estimate of drug-likeness (QED) is 0.904. The van der Waals surface area contributed by atoms with Gasteiger partial charge in [-0.25, -0.2) is 0 Å². The van der Waals surface area contributed by atoms with Gasteiger partial charge in [0.2, 0.25) is 0 Å².